The molecule has 0 fully saturated rings. The number of hydrogen-bond donors (Lipinski definition) is 0. The zero-order chi connectivity index (χ0) is 13.4. The number of methoxy groups -OCH3 is 1. The largest absolute Gasteiger partial charge is 0.385 e. The highest BCUT2D eigenvalue weighted by Gasteiger charge is 2.09. The molecule has 1 amide bonds. The van der Waals surface area contributed by atoms with Crippen molar-refractivity contribution in [3.8, 4) is 6.07 Å². The molecular formula is C14H18N2O2. The maximum Gasteiger partial charge on any atom is 0.226 e. The van der Waals surface area contributed by atoms with Gasteiger partial charge in [-0.15, -0.1) is 0 Å². The lowest BCUT2D eigenvalue weighted by molar-refractivity contribution is -0.129. The first-order valence-corrected chi connectivity index (χ1v) is 5.89. The van der Waals surface area contributed by atoms with E-state index in [1.54, 1.807) is 31.2 Å². The minimum absolute atomic E-state index is 0.0795. The summed E-state index contributed by atoms with van der Waals surface area (Å²) < 4.78 is 4.95. The van der Waals surface area contributed by atoms with Gasteiger partial charge in [-0.05, 0) is 24.1 Å². The summed E-state index contributed by atoms with van der Waals surface area (Å²) in [4.78, 5) is 13.6. The Labute approximate surface area is 108 Å². The second kappa shape index (κ2) is 7.46. The summed E-state index contributed by atoms with van der Waals surface area (Å²) in [5.41, 5.74) is 1.54. The normalized spacial score (nSPS) is 9.83. The van der Waals surface area contributed by atoms with Gasteiger partial charge in [0.1, 0.15) is 0 Å². The Morgan fingerprint density at radius 3 is 2.61 bits per heavy atom. The summed E-state index contributed by atoms with van der Waals surface area (Å²) in [5.74, 6) is 0.0795. The Bertz CT molecular complexity index is 420. The molecule has 0 aliphatic carbocycles. The molecule has 0 unspecified atom stereocenters. The second-order valence-corrected chi connectivity index (χ2v) is 4.15. The van der Waals surface area contributed by atoms with Gasteiger partial charge in [-0.2, -0.15) is 5.26 Å². The van der Waals surface area contributed by atoms with Gasteiger partial charge in [-0.1, -0.05) is 12.1 Å². The number of rotatable bonds is 6. The van der Waals surface area contributed by atoms with E-state index in [-0.39, 0.29) is 5.91 Å². The van der Waals surface area contributed by atoms with Gasteiger partial charge in [-0.25, -0.2) is 0 Å². The van der Waals surface area contributed by atoms with E-state index in [0.717, 1.165) is 12.0 Å². The predicted molar refractivity (Wildman–Crippen MR) is 69.0 cm³/mol. The SMILES string of the molecule is COCCCN(C)C(=O)Cc1ccc(C#N)cc1. The van der Waals surface area contributed by atoms with E-state index >= 15 is 0 Å². The fourth-order valence-corrected chi connectivity index (χ4v) is 1.58. The number of hydrogen-bond acceptors (Lipinski definition) is 3. The van der Waals surface area contributed by atoms with Crippen LogP contribution in [-0.2, 0) is 16.0 Å². The topological polar surface area (TPSA) is 53.3 Å². The second-order valence-electron chi connectivity index (χ2n) is 4.15. The third kappa shape index (κ3) is 4.56. The summed E-state index contributed by atoms with van der Waals surface area (Å²) in [6.45, 7) is 1.36. The Hall–Kier alpha value is -1.86. The van der Waals surface area contributed by atoms with Gasteiger partial charge >= 0.3 is 0 Å². The summed E-state index contributed by atoms with van der Waals surface area (Å²) in [7, 11) is 3.44. The summed E-state index contributed by atoms with van der Waals surface area (Å²) in [6.07, 6.45) is 1.21. The van der Waals surface area contributed by atoms with E-state index in [2.05, 4.69) is 6.07 Å². The van der Waals surface area contributed by atoms with Crippen LogP contribution in [0, 0.1) is 11.3 Å². The number of ether oxygens (including phenoxy) is 1. The molecule has 4 nitrogen and oxygen atoms in total. The van der Waals surface area contributed by atoms with E-state index in [1.807, 2.05) is 12.1 Å². The summed E-state index contributed by atoms with van der Waals surface area (Å²) in [5, 5.41) is 8.68. The van der Waals surface area contributed by atoms with Crippen LogP contribution in [-0.4, -0.2) is 38.1 Å². The van der Waals surface area contributed by atoms with Gasteiger partial charge in [0.2, 0.25) is 5.91 Å². The number of carbonyl (C=O) groups excluding carboxylic acids is 1. The quantitative estimate of drug-likeness (QED) is 0.716. The Kier molecular flexibility index (Phi) is 5.89. The van der Waals surface area contributed by atoms with Crippen LogP contribution in [0.15, 0.2) is 24.3 Å². The van der Waals surface area contributed by atoms with Gasteiger partial charge in [0, 0.05) is 27.3 Å². The zero-order valence-corrected chi connectivity index (χ0v) is 10.8. The van der Waals surface area contributed by atoms with Crippen LogP contribution < -0.4 is 0 Å². The summed E-state index contributed by atoms with van der Waals surface area (Å²) in [6, 6.07) is 9.15. The van der Waals surface area contributed by atoms with Crippen molar-refractivity contribution in [3.05, 3.63) is 35.4 Å². The first-order valence-electron chi connectivity index (χ1n) is 5.89. The number of nitrogens with zero attached hydrogens (tertiary/aromatic N) is 2. The Morgan fingerprint density at radius 2 is 2.06 bits per heavy atom. The van der Waals surface area contributed by atoms with Crippen LogP contribution in [0.4, 0.5) is 0 Å². The molecule has 0 saturated heterocycles. The lowest BCUT2D eigenvalue weighted by atomic mass is 10.1. The summed E-state index contributed by atoms with van der Waals surface area (Å²) >= 11 is 0. The molecule has 0 spiro atoms. The van der Waals surface area contributed by atoms with E-state index < -0.39 is 0 Å². The molecule has 0 bridgehead atoms. The molecule has 1 rings (SSSR count). The van der Waals surface area contributed by atoms with Gasteiger partial charge in [0.15, 0.2) is 0 Å². The van der Waals surface area contributed by atoms with Crippen LogP contribution in [0.3, 0.4) is 0 Å². The van der Waals surface area contributed by atoms with Gasteiger partial charge in [0.25, 0.3) is 0 Å². The zero-order valence-electron chi connectivity index (χ0n) is 10.8. The molecule has 18 heavy (non-hydrogen) atoms. The Morgan fingerprint density at radius 1 is 1.39 bits per heavy atom. The molecule has 0 saturated carbocycles. The van der Waals surface area contributed by atoms with Crippen molar-refractivity contribution in [1.29, 1.82) is 5.26 Å². The van der Waals surface area contributed by atoms with E-state index in [0.29, 0.717) is 25.1 Å². The van der Waals surface area contributed by atoms with Crippen molar-refractivity contribution in [2.24, 2.45) is 0 Å². The predicted octanol–water partition coefficient (Wildman–Crippen LogP) is 1.60. The van der Waals surface area contributed by atoms with Crippen LogP contribution in [0.25, 0.3) is 0 Å². The number of nitriles is 1. The molecule has 0 aliphatic rings. The molecular weight excluding hydrogens is 228 g/mol. The third-order valence-electron chi connectivity index (χ3n) is 2.71. The van der Waals surface area contributed by atoms with E-state index in [1.165, 1.54) is 0 Å². The average molecular weight is 246 g/mol. The standard InChI is InChI=1S/C14H18N2O2/c1-16(8-3-9-18-2)14(17)10-12-4-6-13(11-15)7-5-12/h4-7H,3,8-10H2,1-2H3. The number of carbonyl (C=O) groups is 1. The molecule has 0 aliphatic heterocycles. The van der Waals surface area contributed by atoms with Gasteiger partial charge in [0.05, 0.1) is 18.1 Å². The highest BCUT2D eigenvalue weighted by molar-refractivity contribution is 5.78. The van der Waals surface area contributed by atoms with Crippen LogP contribution in [0.2, 0.25) is 0 Å². The van der Waals surface area contributed by atoms with Crippen molar-refractivity contribution in [3.63, 3.8) is 0 Å². The molecule has 1 aromatic rings. The molecule has 0 aromatic heterocycles. The highest BCUT2D eigenvalue weighted by atomic mass is 16.5. The van der Waals surface area contributed by atoms with Crippen LogP contribution in [0.1, 0.15) is 17.5 Å². The fourth-order valence-electron chi connectivity index (χ4n) is 1.58. The molecule has 0 atom stereocenters. The average Bonchev–Trinajstić information content (AvgIpc) is 2.39. The molecule has 0 N–H and O–H groups in total. The lowest BCUT2D eigenvalue weighted by Crippen LogP contribution is -2.29. The highest BCUT2D eigenvalue weighted by Crippen LogP contribution is 2.05. The van der Waals surface area contributed by atoms with Crippen molar-refractivity contribution in [2.45, 2.75) is 12.8 Å². The maximum absolute atomic E-state index is 11.9. The van der Waals surface area contributed by atoms with Gasteiger partial charge < -0.3 is 9.64 Å². The number of likely N-dealkylation sites (N-methyl/N-ethyl adjacent to an activating group) is 1. The maximum atomic E-state index is 11.9. The van der Waals surface area contributed by atoms with Gasteiger partial charge in [-0.3, -0.25) is 4.79 Å². The smallest absolute Gasteiger partial charge is 0.226 e. The molecule has 1 aromatic carbocycles. The van der Waals surface area contributed by atoms with Crippen LogP contribution in [0.5, 0.6) is 0 Å². The monoisotopic (exact) mass is 246 g/mol. The third-order valence-corrected chi connectivity index (χ3v) is 2.71. The van der Waals surface area contributed by atoms with E-state index in [4.69, 9.17) is 10.00 Å². The van der Waals surface area contributed by atoms with Crippen molar-refractivity contribution >= 4 is 5.91 Å². The minimum Gasteiger partial charge on any atom is -0.385 e. The van der Waals surface area contributed by atoms with Crippen molar-refractivity contribution in [2.75, 3.05) is 27.3 Å². The first kappa shape index (κ1) is 14.2. The van der Waals surface area contributed by atoms with Crippen molar-refractivity contribution in [1.82, 2.24) is 4.90 Å². The fraction of sp³-hybridized carbons (Fsp3) is 0.429. The first-order chi connectivity index (χ1) is 8.67. The van der Waals surface area contributed by atoms with E-state index in [9.17, 15) is 4.79 Å². The number of benzene rings is 1. The molecule has 0 radical (unpaired) electrons. The minimum atomic E-state index is 0.0795. The van der Waals surface area contributed by atoms with Crippen molar-refractivity contribution < 1.29 is 9.53 Å². The molecule has 0 heterocycles. The molecule has 4 heteroatoms. The number of amides is 1. The Balaban J connectivity index is 2.45. The van der Waals surface area contributed by atoms with Crippen LogP contribution >= 0.6 is 0 Å². The lowest BCUT2D eigenvalue weighted by Gasteiger charge is -2.16. The molecule has 96 valence electrons.